The number of piperazine rings is 1. The van der Waals surface area contributed by atoms with E-state index in [9.17, 15) is 4.79 Å². The van der Waals surface area contributed by atoms with Crippen molar-refractivity contribution >= 4 is 23.3 Å². The second kappa shape index (κ2) is 10.1. The molecule has 0 spiro atoms. The number of rotatable bonds is 6. The number of carbonyl (C=O) groups excluding carboxylic acids is 1. The van der Waals surface area contributed by atoms with Gasteiger partial charge in [0.2, 0.25) is 5.91 Å². The van der Waals surface area contributed by atoms with Gasteiger partial charge in [0.1, 0.15) is 5.82 Å². The number of amides is 1. The van der Waals surface area contributed by atoms with E-state index in [1.807, 2.05) is 30.9 Å². The number of aromatic nitrogens is 2. The standard InChI is InChI=1S/C28H33ClN4O/c1-20-9-8-12-23(17-20)25-30-21(2)24(18-22-10-6-5-7-11-22)26(31-25)32-13-15-33(16-14-32)27(34)28(3,4)19-29/h5-12,17H,13-16,18-19H2,1-4H3. The molecule has 1 aromatic heterocycles. The first-order valence-electron chi connectivity index (χ1n) is 11.9. The van der Waals surface area contributed by atoms with Crippen LogP contribution in [0.3, 0.4) is 0 Å². The Morgan fingerprint density at radius 2 is 1.68 bits per heavy atom. The summed E-state index contributed by atoms with van der Waals surface area (Å²) in [5, 5.41) is 0. The maximum atomic E-state index is 12.9. The fraction of sp³-hybridized carbons (Fsp3) is 0.393. The lowest BCUT2D eigenvalue weighted by Gasteiger charge is -2.39. The molecule has 2 heterocycles. The SMILES string of the molecule is Cc1cccc(-c2nc(C)c(Cc3ccccc3)c(N3CCN(C(=O)C(C)(C)CCl)CC3)n2)c1. The van der Waals surface area contributed by atoms with Gasteiger partial charge in [-0.25, -0.2) is 9.97 Å². The minimum Gasteiger partial charge on any atom is -0.353 e. The summed E-state index contributed by atoms with van der Waals surface area (Å²) in [6.07, 6.45) is 0.772. The summed E-state index contributed by atoms with van der Waals surface area (Å²) in [4.78, 5) is 27.2. The van der Waals surface area contributed by atoms with Crippen molar-refractivity contribution in [2.45, 2.75) is 34.1 Å². The average Bonchev–Trinajstić information content (AvgIpc) is 2.85. The van der Waals surface area contributed by atoms with E-state index in [0.29, 0.717) is 19.0 Å². The predicted octanol–water partition coefficient (Wildman–Crippen LogP) is 5.26. The summed E-state index contributed by atoms with van der Waals surface area (Å²) in [5.74, 6) is 2.15. The Morgan fingerprint density at radius 1 is 0.971 bits per heavy atom. The summed E-state index contributed by atoms with van der Waals surface area (Å²) in [7, 11) is 0. The Labute approximate surface area is 207 Å². The van der Waals surface area contributed by atoms with Gasteiger partial charge in [0, 0.05) is 55.3 Å². The van der Waals surface area contributed by atoms with E-state index in [-0.39, 0.29) is 5.91 Å². The molecule has 1 saturated heterocycles. The van der Waals surface area contributed by atoms with Crippen LogP contribution in [0.4, 0.5) is 5.82 Å². The molecule has 1 aliphatic heterocycles. The van der Waals surface area contributed by atoms with Gasteiger partial charge < -0.3 is 9.80 Å². The molecular formula is C28H33ClN4O. The van der Waals surface area contributed by atoms with Crippen molar-refractivity contribution in [1.82, 2.24) is 14.9 Å². The zero-order chi connectivity index (χ0) is 24.3. The lowest BCUT2D eigenvalue weighted by molar-refractivity contribution is -0.139. The fourth-order valence-electron chi connectivity index (χ4n) is 4.37. The summed E-state index contributed by atoms with van der Waals surface area (Å²) in [5.41, 5.74) is 5.02. The summed E-state index contributed by atoms with van der Waals surface area (Å²) in [6.45, 7) is 10.8. The van der Waals surface area contributed by atoms with Gasteiger partial charge in [-0.3, -0.25) is 4.79 Å². The number of hydrogen-bond acceptors (Lipinski definition) is 4. The van der Waals surface area contributed by atoms with Crippen LogP contribution in [-0.4, -0.2) is 52.8 Å². The van der Waals surface area contributed by atoms with Crippen LogP contribution in [0.2, 0.25) is 0 Å². The first kappa shape index (κ1) is 24.2. The van der Waals surface area contributed by atoms with Gasteiger partial charge in [-0.2, -0.15) is 0 Å². The van der Waals surface area contributed by atoms with Crippen molar-refractivity contribution in [2.24, 2.45) is 5.41 Å². The van der Waals surface area contributed by atoms with Gasteiger partial charge in [0.05, 0.1) is 5.41 Å². The van der Waals surface area contributed by atoms with Crippen LogP contribution >= 0.6 is 11.6 Å². The van der Waals surface area contributed by atoms with E-state index in [4.69, 9.17) is 21.6 Å². The average molecular weight is 477 g/mol. The van der Waals surface area contributed by atoms with Gasteiger partial charge in [-0.05, 0) is 39.3 Å². The van der Waals surface area contributed by atoms with E-state index in [1.54, 1.807) is 0 Å². The van der Waals surface area contributed by atoms with Crippen LogP contribution in [0.1, 0.15) is 36.2 Å². The number of anilines is 1. The monoisotopic (exact) mass is 476 g/mol. The molecule has 1 amide bonds. The Bertz CT molecular complexity index is 1150. The summed E-state index contributed by atoms with van der Waals surface area (Å²) < 4.78 is 0. The Morgan fingerprint density at radius 3 is 2.32 bits per heavy atom. The number of aryl methyl sites for hydroxylation is 2. The highest BCUT2D eigenvalue weighted by molar-refractivity contribution is 6.19. The molecule has 0 atom stereocenters. The van der Waals surface area contributed by atoms with Crippen molar-refractivity contribution in [3.05, 3.63) is 77.0 Å². The predicted molar refractivity (Wildman–Crippen MR) is 139 cm³/mol. The zero-order valence-corrected chi connectivity index (χ0v) is 21.3. The van der Waals surface area contributed by atoms with Crippen LogP contribution in [0.15, 0.2) is 54.6 Å². The Hall–Kier alpha value is -2.92. The maximum absolute atomic E-state index is 12.9. The highest BCUT2D eigenvalue weighted by Crippen LogP contribution is 2.29. The topological polar surface area (TPSA) is 49.3 Å². The van der Waals surface area contributed by atoms with Gasteiger partial charge >= 0.3 is 0 Å². The lowest BCUT2D eigenvalue weighted by atomic mass is 9.94. The summed E-state index contributed by atoms with van der Waals surface area (Å²) >= 11 is 6.06. The number of nitrogens with zero attached hydrogens (tertiary/aromatic N) is 4. The quantitative estimate of drug-likeness (QED) is 0.455. The number of halogens is 1. The number of hydrogen-bond donors (Lipinski definition) is 0. The lowest BCUT2D eigenvalue weighted by Crippen LogP contribution is -2.53. The van der Waals surface area contributed by atoms with E-state index < -0.39 is 5.41 Å². The van der Waals surface area contributed by atoms with Gasteiger partial charge in [0.15, 0.2) is 5.82 Å². The third-order valence-electron chi connectivity index (χ3n) is 6.47. The molecule has 0 radical (unpaired) electrons. The third kappa shape index (κ3) is 5.25. The van der Waals surface area contributed by atoms with Gasteiger partial charge in [-0.15, -0.1) is 11.6 Å². The Balaban J connectivity index is 1.67. The van der Waals surface area contributed by atoms with Crippen LogP contribution in [0.5, 0.6) is 0 Å². The molecule has 6 heteroatoms. The normalized spacial score (nSPS) is 14.4. The molecule has 0 aliphatic carbocycles. The molecule has 0 saturated carbocycles. The zero-order valence-electron chi connectivity index (χ0n) is 20.5. The van der Waals surface area contributed by atoms with Gasteiger partial charge in [-0.1, -0.05) is 54.1 Å². The molecule has 0 unspecified atom stereocenters. The van der Waals surface area contributed by atoms with Crippen LogP contribution in [0.25, 0.3) is 11.4 Å². The van der Waals surface area contributed by atoms with Crippen molar-refractivity contribution in [1.29, 1.82) is 0 Å². The molecule has 1 aliphatic rings. The molecule has 4 rings (SSSR count). The van der Waals surface area contributed by atoms with E-state index in [1.165, 1.54) is 11.1 Å². The highest BCUT2D eigenvalue weighted by Gasteiger charge is 2.33. The second-order valence-electron chi connectivity index (χ2n) is 9.76. The minimum absolute atomic E-state index is 0.117. The van der Waals surface area contributed by atoms with Crippen molar-refractivity contribution in [2.75, 3.05) is 37.0 Å². The number of benzene rings is 2. The molecule has 34 heavy (non-hydrogen) atoms. The maximum Gasteiger partial charge on any atom is 0.229 e. The van der Waals surface area contributed by atoms with Crippen LogP contribution in [-0.2, 0) is 11.2 Å². The van der Waals surface area contributed by atoms with E-state index >= 15 is 0 Å². The molecule has 0 bridgehead atoms. The minimum atomic E-state index is -0.550. The molecule has 3 aromatic rings. The smallest absolute Gasteiger partial charge is 0.229 e. The number of alkyl halides is 1. The van der Waals surface area contributed by atoms with Crippen molar-refractivity contribution in [3.63, 3.8) is 0 Å². The number of carbonyl (C=O) groups is 1. The second-order valence-corrected chi connectivity index (χ2v) is 10.0. The molecule has 1 fully saturated rings. The largest absolute Gasteiger partial charge is 0.353 e. The first-order chi connectivity index (χ1) is 16.3. The van der Waals surface area contributed by atoms with E-state index in [2.05, 4.69) is 61.2 Å². The van der Waals surface area contributed by atoms with E-state index in [0.717, 1.165) is 48.0 Å². The fourth-order valence-corrected chi connectivity index (χ4v) is 4.48. The molecule has 178 valence electrons. The van der Waals surface area contributed by atoms with Crippen LogP contribution in [0, 0.1) is 19.3 Å². The van der Waals surface area contributed by atoms with Crippen molar-refractivity contribution in [3.8, 4) is 11.4 Å². The Kier molecular flexibility index (Phi) is 7.22. The molecule has 0 N–H and O–H groups in total. The first-order valence-corrected chi connectivity index (χ1v) is 12.4. The van der Waals surface area contributed by atoms with Gasteiger partial charge in [0.25, 0.3) is 0 Å². The van der Waals surface area contributed by atoms with Crippen molar-refractivity contribution < 1.29 is 4.79 Å². The van der Waals surface area contributed by atoms with Crippen LogP contribution < -0.4 is 4.90 Å². The molecule has 2 aromatic carbocycles. The molecular weight excluding hydrogens is 444 g/mol. The molecule has 5 nitrogen and oxygen atoms in total. The summed E-state index contributed by atoms with van der Waals surface area (Å²) in [6, 6.07) is 18.8. The third-order valence-corrected chi connectivity index (χ3v) is 7.14. The highest BCUT2D eigenvalue weighted by atomic mass is 35.5.